The van der Waals surface area contributed by atoms with Gasteiger partial charge in [0.1, 0.15) is 7.05 Å². The van der Waals surface area contributed by atoms with Crippen molar-refractivity contribution in [3.8, 4) is 0 Å². The molecule has 1 heterocycles. The molecule has 0 atom stereocenters. The number of hydrogen-bond acceptors (Lipinski definition) is 0. The summed E-state index contributed by atoms with van der Waals surface area (Å²) in [5.41, 5.74) is 2.34. The first-order valence-electron chi connectivity index (χ1n) is 5.71. The van der Waals surface area contributed by atoms with Gasteiger partial charge in [-0.3, -0.25) is 0 Å². The van der Waals surface area contributed by atoms with Gasteiger partial charge in [-0.25, -0.2) is 4.57 Å². The molecule has 3 heteroatoms. The van der Waals surface area contributed by atoms with Crippen LogP contribution in [0.3, 0.4) is 0 Å². The second-order valence-electron chi connectivity index (χ2n) is 4.15. The van der Waals surface area contributed by atoms with Gasteiger partial charge in [-0.1, -0.05) is 41.4 Å². The van der Waals surface area contributed by atoms with Crippen molar-refractivity contribution in [1.82, 2.24) is 0 Å². The summed E-state index contributed by atoms with van der Waals surface area (Å²) in [4.78, 5) is 0. The average Bonchev–Trinajstić information content (AvgIpc) is 2.36. The predicted molar refractivity (Wildman–Crippen MR) is 76.8 cm³/mol. The van der Waals surface area contributed by atoms with Crippen LogP contribution in [0.15, 0.2) is 48.8 Å². The van der Waals surface area contributed by atoms with E-state index >= 15 is 0 Å². The third kappa shape index (κ3) is 3.59. The van der Waals surface area contributed by atoms with Crippen molar-refractivity contribution in [2.24, 2.45) is 7.05 Å². The summed E-state index contributed by atoms with van der Waals surface area (Å²) in [5.74, 6) is 0. The molecule has 0 saturated heterocycles. The number of allylic oxidation sites excluding steroid dienone is 1. The quantitative estimate of drug-likeness (QED) is 0.745. The van der Waals surface area contributed by atoms with E-state index in [-0.39, 0.29) is 0 Å². The van der Waals surface area contributed by atoms with Crippen LogP contribution in [0.25, 0.3) is 6.08 Å². The second-order valence-corrected chi connectivity index (χ2v) is 4.97. The highest BCUT2D eigenvalue weighted by Crippen LogP contribution is 2.22. The molecule has 18 heavy (non-hydrogen) atoms. The minimum Gasteiger partial charge on any atom is -0.208 e. The number of hydrogen-bond donors (Lipinski definition) is 0. The third-order valence-corrected chi connectivity index (χ3v) is 3.39. The highest BCUT2D eigenvalue weighted by molar-refractivity contribution is 6.42. The standard InChI is InChI=1S/C15H14Cl2N/c1-18-9-7-12(8-10-18)3-2-4-13-5-6-14(16)15(17)11-13/h2-3,5-11H,4H2,1H3/q+1. The maximum atomic E-state index is 5.97. The average molecular weight is 279 g/mol. The van der Waals surface area contributed by atoms with Crippen LogP contribution in [-0.4, -0.2) is 0 Å². The van der Waals surface area contributed by atoms with Crippen LogP contribution in [0.2, 0.25) is 10.0 Å². The van der Waals surface area contributed by atoms with Gasteiger partial charge in [0.05, 0.1) is 10.0 Å². The Morgan fingerprint density at radius 1 is 1.06 bits per heavy atom. The van der Waals surface area contributed by atoms with E-state index in [1.165, 1.54) is 5.56 Å². The first kappa shape index (κ1) is 13.1. The fraction of sp³-hybridized carbons (Fsp3) is 0.133. The SMILES string of the molecule is C[n+]1ccc(C=CCc2ccc(Cl)c(Cl)c2)cc1. The molecule has 1 aromatic carbocycles. The first-order chi connectivity index (χ1) is 8.65. The summed E-state index contributed by atoms with van der Waals surface area (Å²) in [6.45, 7) is 0. The molecule has 1 nitrogen and oxygen atoms in total. The topological polar surface area (TPSA) is 3.88 Å². The monoisotopic (exact) mass is 278 g/mol. The first-order valence-corrected chi connectivity index (χ1v) is 6.46. The molecule has 92 valence electrons. The molecule has 0 unspecified atom stereocenters. The van der Waals surface area contributed by atoms with Gasteiger partial charge in [0.2, 0.25) is 0 Å². The van der Waals surface area contributed by atoms with Crippen LogP contribution in [-0.2, 0) is 13.5 Å². The molecule has 0 aliphatic carbocycles. The molecule has 1 aromatic heterocycles. The summed E-state index contributed by atoms with van der Waals surface area (Å²) in [6, 6.07) is 9.87. The summed E-state index contributed by atoms with van der Waals surface area (Å²) in [5, 5.41) is 1.20. The highest BCUT2D eigenvalue weighted by Gasteiger charge is 1.98. The van der Waals surface area contributed by atoms with Gasteiger partial charge >= 0.3 is 0 Å². The van der Waals surface area contributed by atoms with Crippen LogP contribution in [0.5, 0.6) is 0 Å². The van der Waals surface area contributed by atoms with Crippen molar-refractivity contribution in [1.29, 1.82) is 0 Å². The fourth-order valence-electron chi connectivity index (χ4n) is 1.62. The summed E-state index contributed by atoms with van der Waals surface area (Å²) in [7, 11) is 2.00. The number of aryl methyl sites for hydroxylation is 1. The van der Waals surface area contributed by atoms with Crippen LogP contribution in [0.1, 0.15) is 11.1 Å². The normalized spacial score (nSPS) is 11.1. The lowest BCUT2D eigenvalue weighted by Crippen LogP contribution is -2.25. The molecular weight excluding hydrogens is 265 g/mol. The zero-order valence-electron chi connectivity index (χ0n) is 10.1. The zero-order chi connectivity index (χ0) is 13.0. The molecule has 0 spiro atoms. The van der Waals surface area contributed by atoms with Crippen molar-refractivity contribution in [3.63, 3.8) is 0 Å². The Hall–Kier alpha value is -1.31. The molecule has 0 bridgehead atoms. The summed E-state index contributed by atoms with van der Waals surface area (Å²) >= 11 is 11.8. The minimum atomic E-state index is 0.597. The molecule has 0 saturated carbocycles. The Kier molecular flexibility index (Phi) is 4.40. The van der Waals surface area contributed by atoms with Crippen molar-refractivity contribution in [2.75, 3.05) is 0 Å². The van der Waals surface area contributed by atoms with Crippen LogP contribution >= 0.6 is 23.2 Å². The fourth-order valence-corrected chi connectivity index (χ4v) is 1.94. The van der Waals surface area contributed by atoms with Gasteiger partial charge < -0.3 is 0 Å². The van der Waals surface area contributed by atoms with Crippen molar-refractivity contribution in [3.05, 3.63) is 70.0 Å². The summed E-state index contributed by atoms with van der Waals surface area (Å²) in [6.07, 6.45) is 9.12. The van der Waals surface area contributed by atoms with Crippen LogP contribution in [0.4, 0.5) is 0 Å². The predicted octanol–water partition coefficient (Wildman–Crippen LogP) is 4.07. The maximum absolute atomic E-state index is 5.97. The lowest BCUT2D eigenvalue weighted by atomic mass is 10.1. The van der Waals surface area contributed by atoms with Crippen molar-refractivity contribution >= 4 is 29.3 Å². The molecule has 0 aliphatic rings. The molecule has 0 radical (unpaired) electrons. The Bertz CT molecular complexity index is 559. The van der Waals surface area contributed by atoms with E-state index in [1.807, 2.05) is 42.2 Å². The Balaban J connectivity index is 2.02. The van der Waals surface area contributed by atoms with Gasteiger partial charge in [0, 0.05) is 12.1 Å². The minimum absolute atomic E-state index is 0.597. The van der Waals surface area contributed by atoms with E-state index in [2.05, 4.69) is 24.3 Å². The number of rotatable bonds is 3. The summed E-state index contributed by atoms with van der Waals surface area (Å²) < 4.78 is 2.01. The van der Waals surface area contributed by atoms with Crippen molar-refractivity contribution in [2.45, 2.75) is 6.42 Å². The van der Waals surface area contributed by atoms with Crippen LogP contribution < -0.4 is 4.57 Å². The maximum Gasteiger partial charge on any atom is 0.169 e. The van der Waals surface area contributed by atoms with E-state index in [9.17, 15) is 0 Å². The number of nitrogens with zero attached hydrogens (tertiary/aromatic N) is 1. The number of halogens is 2. The molecule has 2 aromatic rings. The molecule has 0 N–H and O–H groups in total. The van der Waals surface area contributed by atoms with Gasteiger partial charge in [-0.15, -0.1) is 0 Å². The van der Waals surface area contributed by atoms with Crippen LogP contribution in [0, 0.1) is 0 Å². The molecule has 0 amide bonds. The van der Waals surface area contributed by atoms with Crippen molar-refractivity contribution < 1.29 is 4.57 Å². The van der Waals surface area contributed by atoms with E-state index in [1.54, 1.807) is 0 Å². The Labute approximate surface area is 117 Å². The van der Waals surface area contributed by atoms with E-state index < -0.39 is 0 Å². The zero-order valence-corrected chi connectivity index (χ0v) is 11.6. The largest absolute Gasteiger partial charge is 0.208 e. The molecular formula is C15H14Cl2N+. The highest BCUT2D eigenvalue weighted by atomic mass is 35.5. The van der Waals surface area contributed by atoms with Gasteiger partial charge in [-0.05, 0) is 29.7 Å². The Morgan fingerprint density at radius 2 is 1.78 bits per heavy atom. The van der Waals surface area contributed by atoms with E-state index in [4.69, 9.17) is 23.2 Å². The van der Waals surface area contributed by atoms with Gasteiger partial charge in [0.15, 0.2) is 12.4 Å². The lowest BCUT2D eigenvalue weighted by Gasteiger charge is -1.99. The number of benzene rings is 1. The Morgan fingerprint density at radius 3 is 2.44 bits per heavy atom. The number of aromatic nitrogens is 1. The lowest BCUT2D eigenvalue weighted by molar-refractivity contribution is -0.671. The third-order valence-electron chi connectivity index (χ3n) is 2.65. The van der Waals surface area contributed by atoms with Gasteiger partial charge in [0.25, 0.3) is 0 Å². The van der Waals surface area contributed by atoms with E-state index in [0.717, 1.165) is 12.0 Å². The second kappa shape index (κ2) is 6.03. The smallest absolute Gasteiger partial charge is 0.169 e. The molecule has 0 aliphatic heterocycles. The molecule has 2 rings (SSSR count). The molecule has 0 fully saturated rings. The van der Waals surface area contributed by atoms with Gasteiger partial charge in [-0.2, -0.15) is 0 Å². The number of pyridine rings is 1. The van der Waals surface area contributed by atoms with E-state index in [0.29, 0.717) is 10.0 Å².